The lowest BCUT2D eigenvalue weighted by Gasteiger charge is -2.29. The lowest BCUT2D eigenvalue weighted by Crippen LogP contribution is -2.42. The zero-order valence-corrected chi connectivity index (χ0v) is 8.74. The second kappa shape index (κ2) is 6.77. The summed E-state index contributed by atoms with van der Waals surface area (Å²) in [5, 5.41) is 8.69. The summed E-state index contributed by atoms with van der Waals surface area (Å²) in [5.74, 6) is 0. The normalized spacial score (nSPS) is 23.3. The molecule has 4 heteroatoms. The van der Waals surface area contributed by atoms with Crippen molar-refractivity contribution in [3.05, 3.63) is 0 Å². The third kappa shape index (κ3) is 4.05. The minimum absolute atomic E-state index is 0.240. The highest BCUT2D eigenvalue weighted by atomic mass is 16.5. The standard InChI is InChI=1S/C10H18N2O2/c1-2-13-6-3-4-12-5-7-14-10(8-11)9-12/h10H,2-7,9H2,1H3. The molecule has 0 aromatic heterocycles. The van der Waals surface area contributed by atoms with Gasteiger partial charge in [0.1, 0.15) is 0 Å². The zero-order valence-electron chi connectivity index (χ0n) is 8.74. The lowest BCUT2D eigenvalue weighted by molar-refractivity contribution is -0.00262. The Bertz CT molecular complexity index is 191. The van der Waals surface area contributed by atoms with E-state index in [4.69, 9.17) is 14.7 Å². The molecule has 1 rings (SSSR count). The highest BCUT2D eigenvalue weighted by Gasteiger charge is 2.18. The molecular weight excluding hydrogens is 180 g/mol. The van der Waals surface area contributed by atoms with Crippen LogP contribution in [0.5, 0.6) is 0 Å². The fourth-order valence-corrected chi connectivity index (χ4v) is 1.52. The zero-order chi connectivity index (χ0) is 10.2. The van der Waals surface area contributed by atoms with Crippen LogP contribution in [0.25, 0.3) is 0 Å². The maximum Gasteiger partial charge on any atom is 0.156 e. The van der Waals surface area contributed by atoms with Gasteiger partial charge in [0.05, 0.1) is 12.7 Å². The van der Waals surface area contributed by atoms with Crippen molar-refractivity contribution in [3.8, 4) is 6.07 Å². The summed E-state index contributed by atoms with van der Waals surface area (Å²) in [6.45, 7) is 6.94. The Labute approximate surface area is 85.4 Å². The van der Waals surface area contributed by atoms with Crippen molar-refractivity contribution < 1.29 is 9.47 Å². The lowest BCUT2D eigenvalue weighted by atomic mass is 10.3. The van der Waals surface area contributed by atoms with E-state index in [0.29, 0.717) is 6.61 Å². The van der Waals surface area contributed by atoms with Gasteiger partial charge in [-0.25, -0.2) is 0 Å². The van der Waals surface area contributed by atoms with E-state index in [0.717, 1.165) is 39.3 Å². The highest BCUT2D eigenvalue weighted by Crippen LogP contribution is 2.04. The molecule has 80 valence electrons. The number of rotatable bonds is 5. The Morgan fingerprint density at radius 1 is 1.64 bits per heavy atom. The smallest absolute Gasteiger partial charge is 0.156 e. The van der Waals surface area contributed by atoms with Crippen molar-refractivity contribution in [3.63, 3.8) is 0 Å². The first-order chi connectivity index (χ1) is 6.86. The first-order valence-electron chi connectivity index (χ1n) is 5.18. The predicted octanol–water partition coefficient (Wildman–Crippen LogP) is 0.637. The Hall–Kier alpha value is -0.630. The van der Waals surface area contributed by atoms with Crippen molar-refractivity contribution in [1.29, 1.82) is 5.26 Å². The van der Waals surface area contributed by atoms with Crippen LogP contribution in [0.4, 0.5) is 0 Å². The minimum atomic E-state index is -0.240. The van der Waals surface area contributed by atoms with Crippen LogP contribution in [0, 0.1) is 11.3 Å². The van der Waals surface area contributed by atoms with Crippen LogP contribution in [0.3, 0.4) is 0 Å². The number of nitriles is 1. The molecule has 1 fully saturated rings. The topological polar surface area (TPSA) is 45.5 Å². The molecule has 0 bridgehead atoms. The van der Waals surface area contributed by atoms with Gasteiger partial charge in [0.15, 0.2) is 6.10 Å². The van der Waals surface area contributed by atoms with Crippen molar-refractivity contribution in [2.45, 2.75) is 19.4 Å². The van der Waals surface area contributed by atoms with E-state index >= 15 is 0 Å². The predicted molar refractivity (Wildman–Crippen MR) is 52.9 cm³/mol. The van der Waals surface area contributed by atoms with Gasteiger partial charge in [-0.05, 0) is 13.3 Å². The molecule has 0 aromatic carbocycles. The van der Waals surface area contributed by atoms with Crippen LogP contribution in [0.2, 0.25) is 0 Å². The molecule has 1 atom stereocenters. The van der Waals surface area contributed by atoms with Crippen LogP contribution in [0.1, 0.15) is 13.3 Å². The van der Waals surface area contributed by atoms with Gasteiger partial charge < -0.3 is 9.47 Å². The summed E-state index contributed by atoms with van der Waals surface area (Å²) >= 11 is 0. The minimum Gasteiger partial charge on any atom is -0.382 e. The Morgan fingerprint density at radius 2 is 2.50 bits per heavy atom. The quantitative estimate of drug-likeness (QED) is 0.608. The van der Waals surface area contributed by atoms with E-state index in [1.807, 2.05) is 6.92 Å². The fraction of sp³-hybridized carbons (Fsp3) is 0.900. The summed E-state index contributed by atoms with van der Waals surface area (Å²) in [6, 6.07) is 2.14. The van der Waals surface area contributed by atoms with Crippen molar-refractivity contribution >= 4 is 0 Å². The van der Waals surface area contributed by atoms with Crippen LogP contribution >= 0.6 is 0 Å². The van der Waals surface area contributed by atoms with Crippen molar-refractivity contribution in [1.82, 2.24) is 4.90 Å². The Kier molecular flexibility index (Phi) is 5.53. The maximum absolute atomic E-state index is 8.69. The third-order valence-corrected chi connectivity index (χ3v) is 2.26. The monoisotopic (exact) mass is 198 g/mol. The third-order valence-electron chi connectivity index (χ3n) is 2.26. The summed E-state index contributed by atoms with van der Waals surface area (Å²) in [5.41, 5.74) is 0. The van der Waals surface area contributed by atoms with Crippen LogP contribution in [0.15, 0.2) is 0 Å². The second-order valence-corrected chi connectivity index (χ2v) is 3.34. The van der Waals surface area contributed by atoms with E-state index in [2.05, 4.69) is 11.0 Å². The number of hydrogen-bond donors (Lipinski definition) is 0. The molecule has 1 aliphatic rings. The molecule has 0 spiro atoms. The molecule has 0 N–H and O–H groups in total. The highest BCUT2D eigenvalue weighted by molar-refractivity contribution is 4.88. The van der Waals surface area contributed by atoms with Gasteiger partial charge >= 0.3 is 0 Å². The van der Waals surface area contributed by atoms with E-state index in [1.54, 1.807) is 0 Å². The molecule has 1 heterocycles. The largest absolute Gasteiger partial charge is 0.382 e. The molecule has 4 nitrogen and oxygen atoms in total. The van der Waals surface area contributed by atoms with Gasteiger partial charge in [-0.15, -0.1) is 0 Å². The second-order valence-electron chi connectivity index (χ2n) is 3.34. The number of nitrogens with zero attached hydrogens (tertiary/aromatic N) is 2. The molecule has 0 radical (unpaired) electrons. The van der Waals surface area contributed by atoms with Gasteiger partial charge in [-0.3, -0.25) is 4.90 Å². The van der Waals surface area contributed by atoms with Crippen LogP contribution < -0.4 is 0 Å². The average Bonchev–Trinajstić information content (AvgIpc) is 2.25. The first-order valence-corrected chi connectivity index (χ1v) is 5.18. The van der Waals surface area contributed by atoms with Gasteiger partial charge in [-0.2, -0.15) is 5.26 Å². The van der Waals surface area contributed by atoms with Gasteiger partial charge in [0, 0.05) is 32.8 Å². The number of morpholine rings is 1. The molecular formula is C10H18N2O2. The van der Waals surface area contributed by atoms with Crippen LogP contribution in [-0.2, 0) is 9.47 Å². The fourth-order valence-electron chi connectivity index (χ4n) is 1.52. The molecule has 0 saturated carbocycles. The summed E-state index contributed by atoms with van der Waals surface area (Å²) in [6.07, 6.45) is 0.794. The van der Waals surface area contributed by atoms with Gasteiger partial charge in [0.25, 0.3) is 0 Å². The SMILES string of the molecule is CCOCCCN1CCOC(C#N)C1. The number of ether oxygens (including phenoxy) is 2. The summed E-state index contributed by atoms with van der Waals surface area (Å²) in [4.78, 5) is 2.26. The first kappa shape index (κ1) is 11.4. The van der Waals surface area contributed by atoms with Gasteiger partial charge in [0.2, 0.25) is 0 Å². The molecule has 0 aliphatic carbocycles. The Morgan fingerprint density at radius 3 is 3.21 bits per heavy atom. The molecule has 1 saturated heterocycles. The van der Waals surface area contributed by atoms with E-state index in [1.165, 1.54) is 0 Å². The maximum atomic E-state index is 8.69. The molecule has 1 aliphatic heterocycles. The Balaban J connectivity index is 2.09. The van der Waals surface area contributed by atoms with Gasteiger partial charge in [-0.1, -0.05) is 0 Å². The molecule has 0 aromatic rings. The van der Waals surface area contributed by atoms with E-state index < -0.39 is 0 Å². The summed E-state index contributed by atoms with van der Waals surface area (Å²) in [7, 11) is 0. The average molecular weight is 198 g/mol. The number of hydrogen-bond acceptors (Lipinski definition) is 4. The van der Waals surface area contributed by atoms with Crippen LogP contribution in [-0.4, -0.2) is 50.5 Å². The van der Waals surface area contributed by atoms with Crippen molar-refractivity contribution in [2.24, 2.45) is 0 Å². The van der Waals surface area contributed by atoms with E-state index in [9.17, 15) is 0 Å². The molecule has 0 amide bonds. The van der Waals surface area contributed by atoms with Crippen molar-refractivity contribution in [2.75, 3.05) is 39.5 Å². The summed E-state index contributed by atoms with van der Waals surface area (Å²) < 4.78 is 10.5. The van der Waals surface area contributed by atoms with E-state index in [-0.39, 0.29) is 6.10 Å². The molecule has 14 heavy (non-hydrogen) atoms. The molecule has 1 unspecified atom stereocenters.